The van der Waals surface area contributed by atoms with E-state index in [4.69, 9.17) is 11.6 Å². The van der Waals surface area contributed by atoms with Crippen LogP contribution in [0.5, 0.6) is 0 Å². The zero-order valence-corrected chi connectivity index (χ0v) is 12.5. The first kappa shape index (κ1) is 12.6. The number of aryl methyl sites for hydroxylation is 1. The summed E-state index contributed by atoms with van der Waals surface area (Å²) in [5.74, 6) is 1.41. The Balaban J connectivity index is 1.74. The van der Waals surface area contributed by atoms with Gasteiger partial charge in [0.1, 0.15) is 11.3 Å². The van der Waals surface area contributed by atoms with Gasteiger partial charge in [-0.3, -0.25) is 4.90 Å². The van der Waals surface area contributed by atoms with Crippen molar-refractivity contribution in [3.05, 3.63) is 23.7 Å². The van der Waals surface area contributed by atoms with Gasteiger partial charge in [0.15, 0.2) is 5.65 Å². The van der Waals surface area contributed by atoms with Crippen LogP contribution in [0.4, 0.5) is 0 Å². The molecule has 0 radical (unpaired) electrons. The first-order chi connectivity index (χ1) is 9.76. The number of nitrogens with zero attached hydrogens (tertiary/aromatic N) is 4. The smallest absolute Gasteiger partial charge is 0.160 e. The lowest BCUT2D eigenvalue weighted by atomic mass is 10.2. The molecule has 2 aliphatic rings. The maximum Gasteiger partial charge on any atom is 0.160 e. The molecule has 0 spiro atoms. The van der Waals surface area contributed by atoms with Gasteiger partial charge in [-0.2, -0.15) is 0 Å². The van der Waals surface area contributed by atoms with E-state index < -0.39 is 0 Å². The number of halogens is 1. The Kier molecular flexibility index (Phi) is 2.97. The third-order valence-electron chi connectivity index (χ3n) is 4.48. The van der Waals surface area contributed by atoms with Gasteiger partial charge in [-0.1, -0.05) is 0 Å². The van der Waals surface area contributed by atoms with Crippen molar-refractivity contribution in [2.24, 2.45) is 0 Å². The molecule has 1 aliphatic carbocycles. The number of likely N-dealkylation sites (tertiary alicyclic amines) is 1. The van der Waals surface area contributed by atoms with Crippen LogP contribution in [-0.2, 0) is 5.88 Å². The van der Waals surface area contributed by atoms with Crippen molar-refractivity contribution < 1.29 is 0 Å². The fraction of sp³-hybridized carbons (Fsp3) is 0.600. The zero-order valence-electron chi connectivity index (χ0n) is 11.7. The molecule has 0 amide bonds. The van der Waals surface area contributed by atoms with E-state index >= 15 is 0 Å². The molecule has 2 fully saturated rings. The number of alkyl halides is 1. The van der Waals surface area contributed by atoms with E-state index in [-0.39, 0.29) is 0 Å². The van der Waals surface area contributed by atoms with Crippen molar-refractivity contribution in [2.75, 3.05) is 13.1 Å². The number of imidazole rings is 1. The van der Waals surface area contributed by atoms with E-state index in [1.807, 2.05) is 6.20 Å². The minimum absolute atomic E-state index is 0.454. The molecule has 0 N–H and O–H groups in total. The highest BCUT2D eigenvalue weighted by atomic mass is 35.5. The molecule has 0 aromatic carbocycles. The Labute approximate surface area is 123 Å². The van der Waals surface area contributed by atoms with E-state index in [9.17, 15) is 0 Å². The normalized spacial score (nSPS) is 23.8. The van der Waals surface area contributed by atoms with Gasteiger partial charge in [-0.15, -0.1) is 11.6 Å². The lowest BCUT2D eigenvalue weighted by molar-refractivity contribution is 0.314. The van der Waals surface area contributed by atoms with Crippen LogP contribution in [-0.4, -0.2) is 38.6 Å². The summed E-state index contributed by atoms with van der Waals surface area (Å²) < 4.78 is 2.28. The molecule has 1 unspecified atom stereocenters. The van der Waals surface area contributed by atoms with Gasteiger partial charge in [0.2, 0.25) is 0 Å². The first-order valence-electron chi connectivity index (χ1n) is 7.39. The standard InChI is InChI=1S/C15H19ClN4/c1-10-6-13-15(17-8-10)20(14(7-16)18-13)12-4-5-19(9-12)11-2-3-11/h6,8,11-12H,2-5,7,9H2,1H3. The summed E-state index contributed by atoms with van der Waals surface area (Å²) in [5, 5.41) is 0. The minimum Gasteiger partial charge on any atom is -0.307 e. The molecule has 20 heavy (non-hydrogen) atoms. The number of pyridine rings is 1. The Bertz CT molecular complexity index is 647. The minimum atomic E-state index is 0.454. The highest BCUT2D eigenvalue weighted by Crippen LogP contribution is 2.35. The van der Waals surface area contributed by atoms with Gasteiger partial charge in [0, 0.05) is 25.3 Å². The highest BCUT2D eigenvalue weighted by Gasteiger charge is 2.36. The predicted molar refractivity (Wildman–Crippen MR) is 80.1 cm³/mol. The molecule has 1 atom stereocenters. The summed E-state index contributed by atoms with van der Waals surface area (Å²) >= 11 is 6.11. The number of rotatable bonds is 3. The summed E-state index contributed by atoms with van der Waals surface area (Å²) in [6, 6.07) is 3.41. The second-order valence-corrected chi connectivity index (χ2v) is 6.32. The summed E-state index contributed by atoms with van der Waals surface area (Å²) in [6.07, 6.45) is 5.85. The molecule has 1 aliphatic heterocycles. The Morgan fingerprint density at radius 2 is 2.15 bits per heavy atom. The third-order valence-corrected chi connectivity index (χ3v) is 4.72. The predicted octanol–water partition coefficient (Wildman–Crippen LogP) is 2.89. The van der Waals surface area contributed by atoms with E-state index in [2.05, 4.69) is 32.4 Å². The summed E-state index contributed by atoms with van der Waals surface area (Å²) in [7, 11) is 0. The van der Waals surface area contributed by atoms with Crippen LogP contribution in [0.2, 0.25) is 0 Å². The molecule has 2 aromatic heterocycles. The second kappa shape index (κ2) is 4.71. The van der Waals surface area contributed by atoms with Gasteiger partial charge in [0.25, 0.3) is 0 Å². The highest BCUT2D eigenvalue weighted by molar-refractivity contribution is 6.16. The lowest BCUT2D eigenvalue weighted by Crippen LogP contribution is -2.24. The van der Waals surface area contributed by atoms with Gasteiger partial charge in [-0.05, 0) is 37.8 Å². The molecule has 1 saturated carbocycles. The van der Waals surface area contributed by atoms with E-state index in [0.717, 1.165) is 35.1 Å². The topological polar surface area (TPSA) is 34.0 Å². The van der Waals surface area contributed by atoms with Crippen LogP contribution < -0.4 is 0 Å². The van der Waals surface area contributed by atoms with Gasteiger partial charge in [0.05, 0.1) is 11.9 Å². The average Bonchev–Trinajstić information content (AvgIpc) is 3.07. The fourth-order valence-electron chi connectivity index (χ4n) is 3.36. The maximum absolute atomic E-state index is 6.11. The zero-order chi connectivity index (χ0) is 13.7. The molecule has 1 saturated heterocycles. The van der Waals surface area contributed by atoms with Crippen molar-refractivity contribution in [1.82, 2.24) is 19.4 Å². The largest absolute Gasteiger partial charge is 0.307 e. The molecule has 4 rings (SSSR count). The lowest BCUT2D eigenvalue weighted by Gasteiger charge is -2.17. The number of aromatic nitrogens is 3. The number of fused-ring (bicyclic) bond motifs is 1. The van der Waals surface area contributed by atoms with Crippen molar-refractivity contribution in [1.29, 1.82) is 0 Å². The maximum atomic E-state index is 6.11. The van der Waals surface area contributed by atoms with Crippen LogP contribution in [0.15, 0.2) is 12.3 Å². The van der Waals surface area contributed by atoms with Gasteiger partial charge in [-0.25, -0.2) is 9.97 Å². The van der Waals surface area contributed by atoms with E-state index in [1.165, 1.54) is 25.8 Å². The molecule has 106 valence electrons. The second-order valence-electron chi connectivity index (χ2n) is 6.06. The summed E-state index contributed by atoms with van der Waals surface area (Å²) in [6.45, 7) is 4.37. The number of hydrogen-bond donors (Lipinski definition) is 0. The monoisotopic (exact) mass is 290 g/mol. The van der Waals surface area contributed by atoms with Crippen molar-refractivity contribution in [3.8, 4) is 0 Å². The quantitative estimate of drug-likeness (QED) is 0.815. The van der Waals surface area contributed by atoms with Crippen LogP contribution in [0.1, 0.15) is 36.7 Å². The summed E-state index contributed by atoms with van der Waals surface area (Å²) in [4.78, 5) is 11.9. The van der Waals surface area contributed by atoms with E-state index in [0.29, 0.717) is 11.9 Å². The molecule has 3 heterocycles. The van der Waals surface area contributed by atoms with Crippen LogP contribution in [0.25, 0.3) is 11.2 Å². The van der Waals surface area contributed by atoms with Crippen molar-refractivity contribution in [3.63, 3.8) is 0 Å². The Morgan fingerprint density at radius 1 is 1.30 bits per heavy atom. The van der Waals surface area contributed by atoms with E-state index in [1.54, 1.807) is 0 Å². The van der Waals surface area contributed by atoms with Crippen LogP contribution in [0, 0.1) is 6.92 Å². The molecule has 0 bridgehead atoms. The third kappa shape index (κ3) is 2.02. The molecule has 4 nitrogen and oxygen atoms in total. The Morgan fingerprint density at radius 3 is 2.90 bits per heavy atom. The summed E-state index contributed by atoms with van der Waals surface area (Å²) in [5.41, 5.74) is 3.12. The Hall–Kier alpha value is -1.13. The number of hydrogen-bond acceptors (Lipinski definition) is 3. The molecular formula is C15H19ClN4. The molecular weight excluding hydrogens is 272 g/mol. The SMILES string of the molecule is Cc1cnc2c(c1)nc(CCl)n2C1CCN(C2CC2)C1. The molecule has 5 heteroatoms. The first-order valence-corrected chi connectivity index (χ1v) is 7.93. The van der Waals surface area contributed by atoms with Gasteiger partial charge < -0.3 is 4.57 Å². The van der Waals surface area contributed by atoms with Crippen LogP contribution in [0.3, 0.4) is 0 Å². The van der Waals surface area contributed by atoms with Crippen LogP contribution >= 0.6 is 11.6 Å². The van der Waals surface area contributed by atoms with Crippen molar-refractivity contribution >= 4 is 22.8 Å². The molecule has 2 aromatic rings. The van der Waals surface area contributed by atoms with Crippen molar-refractivity contribution in [2.45, 2.75) is 44.1 Å². The van der Waals surface area contributed by atoms with Gasteiger partial charge >= 0.3 is 0 Å². The fourth-order valence-corrected chi connectivity index (χ4v) is 3.55. The average molecular weight is 291 g/mol.